The van der Waals surface area contributed by atoms with Gasteiger partial charge in [0, 0.05) is 14.1 Å². The van der Waals surface area contributed by atoms with Crippen LogP contribution in [0, 0.1) is 28.1 Å². The molecule has 1 N–H and O–H groups in total. The average Bonchev–Trinajstić information content (AvgIpc) is 2.04. The zero-order valence-electron chi connectivity index (χ0n) is 6.94. The number of nitrogens with one attached hydrogen (secondary N) is 1. The van der Waals surface area contributed by atoms with E-state index in [-0.39, 0.29) is 5.71 Å². The molecule has 0 radical (unpaired) electrons. The summed E-state index contributed by atoms with van der Waals surface area (Å²) in [7, 11) is 3.49. The smallest absolute Gasteiger partial charge is 0.189 e. The number of hydrogen-bond acceptors (Lipinski definition) is 4. The second-order valence-electron chi connectivity index (χ2n) is 2.29. The van der Waals surface area contributed by atoms with Gasteiger partial charge in [0.1, 0.15) is 11.8 Å². The van der Waals surface area contributed by atoms with Crippen molar-refractivity contribution in [3.8, 4) is 12.1 Å². The Labute approximate surface area is 71.1 Å². The maximum atomic E-state index is 8.47. The summed E-state index contributed by atoms with van der Waals surface area (Å²) in [6.45, 7) is 0. The van der Waals surface area contributed by atoms with Gasteiger partial charge in [-0.15, -0.1) is 0 Å². The first kappa shape index (κ1) is 10.1. The minimum Gasteiger partial charge on any atom is -0.369 e. The van der Waals surface area contributed by atoms with Gasteiger partial charge < -0.3 is 4.90 Å². The Hall–Kier alpha value is -1.88. The molecule has 0 aliphatic heterocycles. The maximum Gasteiger partial charge on any atom is 0.189 e. The monoisotopic (exact) mass is 163 g/mol. The van der Waals surface area contributed by atoms with Crippen molar-refractivity contribution >= 4 is 12.1 Å². The van der Waals surface area contributed by atoms with Crippen molar-refractivity contribution in [2.24, 2.45) is 4.99 Å². The van der Waals surface area contributed by atoms with Crippen LogP contribution in [0.3, 0.4) is 0 Å². The summed E-state index contributed by atoms with van der Waals surface area (Å²) in [6.07, 6.45) is 1.40. The summed E-state index contributed by atoms with van der Waals surface area (Å²) < 4.78 is 0. The van der Waals surface area contributed by atoms with Crippen LogP contribution in [0.5, 0.6) is 0 Å². The van der Waals surface area contributed by atoms with Gasteiger partial charge in [0.2, 0.25) is 0 Å². The number of nitriles is 2. The Balaban J connectivity index is 4.33. The van der Waals surface area contributed by atoms with E-state index in [1.165, 1.54) is 6.34 Å². The van der Waals surface area contributed by atoms with Gasteiger partial charge >= 0.3 is 0 Å². The van der Waals surface area contributed by atoms with Gasteiger partial charge in [0.05, 0.1) is 12.4 Å². The zero-order chi connectivity index (χ0) is 9.56. The van der Waals surface area contributed by atoms with Crippen LogP contribution in [-0.2, 0) is 0 Å². The maximum absolute atomic E-state index is 8.47. The fourth-order valence-electron chi connectivity index (χ4n) is 0.434. The molecule has 0 bridgehead atoms. The standard InChI is InChI=1S/C7H9N5/c1-12(2)5-11-7(4-9)6(10)3-8/h5,7,10H,1-2H3. The van der Waals surface area contributed by atoms with Crippen molar-refractivity contribution in [1.82, 2.24) is 4.90 Å². The van der Waals surface area contributed by atoms with Gasteiger partial charge in [-0.25, -0.2) is 4.99 Å². The minimum absolute atomic E-state index is 0.337. The molecule has 1 atom stereocenters. The molecule has 0 saturated carbocycles. The molecule has 1 unspecified atom stereocenters. The first-order valence-electron chi connectivity index (χ1n) is 3.19. The number of aliphatic imine (C=N–C) groups is 1. The summed E-state index contributed by atoms with van der Waals surface area (Å²) in [5, 5.41) is 23.8. The molecular formula is C7H9N5. The van der Waals surface area contributed by atoms with Crippen LogP contribution in [0.2, 0.25) is 0 Å². The van der Waals surface area contributed by atoms with Crippen molar-refractivity contribution in [3.05, 3.63) is 0 Å². The highest BCUT2D eigenvalue weighted by molar-refractivity contribution is 6.02. The van der Waals surface area contributed by atoms with E-state index in [4.69, 9.17) is 15.9 Å². The Morgan fingerprint density at radius 2 is 2.17 bits per heavy atom. The molecule has 62 valence electrons. The van der Waals surface area contributed by atoms with Gasteiger partial charge in [-0.05, 0) is 0 Å². The predicted molar refractivity (Wildman–Crippen MR) is 44.9 cm³/mol. The van der Waals surface area contributed by atoms with Crippen molar-refractivity contribution in [2.75, 3.05) is 14.1 Å². The van der Waals surface area contributed by atoms with E-state index in [0.717, 1.165) is 0 Å². The SMILES string of the molecule is CN(C)C=NC(C#N)C(=N)C#N. The van der Waals surface area contributed by atoms with E-state index < -0.39 is 6.04 Å². The molecule has 0 spiro atoms. The summed E-state index contributed by atoms with van der Waals surface area (Å²) in [5.41, 5.74) is -0.337. The van der Waals surface area contributed by atoms with E-state index in [2.05, 4.69) is 4.99 Å². The fourth-order valence-corrected chi connectivity index (χ4v) is 0.434. The quantitative estimate of drug-likeness (QED) is 0.469. The molecule has 0 aromatic rings. The van der Waals surface area contributed by atoms with Crippen LogP contribution in [0.15, 0.2) is 4.99 Å². The summed E-state index contributed by atoms with van der Waals surface area (Å²) in [5.74, 6) is 0. The Bertz CT molecular complexity index is 265. The average molecular weight is 163 g/mol. The largest absolute Gasteiger partial charge is 0.369 e. The lowest BCUT2D eigenvalue weighted by Crippen LogP contribution is -2.17. The number of nitrogens with zero attached hydrogens (tertiary/aromatic N) is 4. The van der Waals surface area contributed by atoms with Crippen LogP contribution in [-0.4, -0.2) is 37.1 Å². The molecule has 5 heteroatoms. The third-order valence-electron chi connectivity index (χ3n) is 0.963. The summed E-state index contributed by atoms with van der Waals surface area (Å²) >= 11 is 0. The van der Waals surface area contributed by atoms with Crippen molar-refractivity contribution < 1.29 is 0 Å². The van der Waals surface area contributed by atoms with Crippen LogP contribution in [0.25, 0.3) is 0 Å². The molecule has 0 fully saturated rings. The molecule has 0 heterocycles. The molecule has 0 aromatic carbocycles. The highest BCUT2D eigenvalue weighted by Crippen LogP contribution is 1.90. The number of rotatable bonds is 3. The van der Waals surface area contributed by atoms with Gasteiger partial charge in [-0.2, -0.15) is 10.5 Å². The van der Waals surface area contributed by atoms with Crippen LogP contribution in [0.1, 0.15) is 0 Å². The minimum atomic E-state index is -0.975. The molecule has 0 aliphatic carbocycles. The Morgan fingerprint density at radius 1 is 1.58 bits per heavy atom. The molecule has 0 rings (SSSR count). The Morgan fingerprint density at radius 3 is 2.50 bits per heavy atom. The van der Waals surface area contributed by atoms with E-state index in [1.807, 2.05) is 0 Å². The van der Waals surface area contributed by atoms with Crippen LogP contribution in [0.4, 0.5) is 0 Å². The summed E-state index contributed by atoms with van der Waals surface area (Å²) in [4.78, 5) is 5.34. The second-order valence-corrected chi connectivity index (χ2v) is 2.29. The van der Waals surface area contributed by atoms with Crippen molar-refractivity contribution in [1.29, 1.82) is 15.9 Å². The third-order valence-corrected chi connectivity index (χ3v) is 0.963. The molecule has 0 amide bonds. The van der Waals surface area contributed by atoms with Gasteiger partial charge in [-0.3, -0.25) is 5.41 Å². The van der Waals surface area contributed by atoms with Gasteiger partial charge in [0.25, 0.3) is 0 Å². The zero-order valence-corrected chi connectivity index (χ0v) is 6.94. The van der Waals surface area contributed by atoms with Crippen molar-refractivity contribution in [3.63, 3.8) is 0 Å². The topological polar surface area (TPSA) is 87.0 Å². The molecule has 0 aromatic heterocycles. The lowest BCUT2D eigenvalue weighted by molar-refractivity contribution is 0.639. The third kappa shape index (κ3) is 3.33. The highest BCUT2D eigenvalue weighted by Gasteiger charge is 2.09. The first-order valence-corrected chi connectivity index (χ1v) is 3.19. The van der Waals surface area contributed by atoms with E-state index in [1.54, 1.807) is 31.1 Å². The van der Waals surface area contributed by atoms with Crippen LogP contribution >= 0.6 is 0 Å². The van der Waals surface area contributed by atoms with Crippen LogP contribution < -0.4 is 0 Å². The normalized spacial score (nSPS) is 11.7. The van der Waals surface area contributed by atoms with Gasteiger partial charge in [-0.1, -0.05) is 0 Å². The number of hydrogen-bond donors (Lipinski definition) is 1. The lowest BCUT2D eigenvalue weighted by Gasteiger charge is -2.03. The van der Waals surface area contributed by atoms with E-state index in [9.17, 15) is 0 Å². The second kappa shape index (κ2) is 4.86. The predicted octanol–water partition coefficient (Wildman–Crippen LogP) is 0.0118. The summed E-state index contributed by atoms with van der Waals surface area (Å²) in [6, 6.07) is 2.33. The Kier molecular flexibility index (Phi) is 4.10. The molecule has 12 heavy (non-hydrogen) atoms. The van der Waals surface area contributed by atoms with Gasteiger partial charge in [0.15, 0.2) is 6.04 Å². The fraction of sp³-hybridized carbons (Fsp3) is 0.429. The molecule has 0 aliphatic rings. The highest BCUT2D eigenvalue weighted by atomic mass is 15.1. The first-order chi connectivity index (χ1) is 5.61. The van der Waals surface area contributed by atoms with Crippen molar-refractivity contribution in [2.45, 2.75) is 6.04 Å². The van der Waals surface area contributed by atoms with E-state index in [0.29, 0.717) is 0 Å². The molecular weight excluding hydrogens is 154 g/mol. The molecule has 0 saturated heterocycles. The lowest BCUT2D eigenvalue weighted by atomic mass is 10.2. The van der Waals surface area contributed by atoms with E-state index >= 15 is 0 Å². The molecule has 5 nitrogen and oxygen atoms in total.